The van der Waals surface area contributed by atoms with Crippen molar-refractivity contribution in [2.75, 3.05) is 52.6 Å². The first-order valence-electron chi connectivity index (χ1n) is 8.96. The highest BCUT2D eigenvalue weighted by molar-refractivity contribution is 7.99. The van der Waals surface area contributed by atoms with Gasteiger partial charge in [-0.25, -0.2) is 0 Å². The van der Waals surface area contributed by atoms with Crippen molar-refractivity contribution in [2.24, 2.45) is 5.92 Å². The van der Waals surface area contributed by atoms with E-state index in [4.69, 9.17) is 0 Å². The number of piperidine rings is 1. The normalized spacial score (nSPS) is 24.8. The number of fused-ring (bicyclic) bond motifs is 4. The third kappa shape index (κ3) is 4.74. The molecule has 0 unspecified atom stereocenters. The number of carbonyl (C=O) groups is 1. The molecule has 3 aliphatic rings. The van der Waals surface area contributed by atoms with Crippen molar-refractivity contribution in [1.82, 2.24) is 14.7 Å². The van der Waals surface area contributed by atoms with Gasteiger partial charge in [-0.2, -0.15) is 0 Å². The van der Waals surface area contributed by atoms with Gasteiger partial charge in [0, 0.05) is 57.0 Å². The first kappa shape index (κ1) is 17.8. The van der Waals surface area contributed by atoms with Crippen LogP contribution in [0.25, 0.3) is 0 Å². The molecule has 3 aliphatic heterocycles. The van der Waals surface area contributed by atoms with E-state index in [1.807, 2.05) is 25.9 Å². The molecule has 0 radical (unpaired) electrons. The lowest BCUT2D eigenvalue weighted by molar-refractivity contribution is -0.129. The molecule has 1 aromatic rings. The number of nitrogens with zero attached hydrogens (tertiary/aromatic N) is 3. The summed E-state index contributed by atoms with van der Waals surface area (Å²) in [6.07, 6.45) is 2.60. The largest absolute Gasteiger partial charge is 0.348 e. The van der Waals surface area contributed by atoms with Gasteiger partial charge in [0.2, 0.25) is 5.91 Å². The van der Waals surface area contributed by atoms with E-state index in [-0.39, 0.29) is 5.91 Å². The Morgan fingerprint density at radius 1 is 1.17 bits per heavy atom. The molecule has 3 heterocycles. The SMILES string of the molecule is CN(C)C(=O)CN1C[C@H]2CC[C@@H](C1)N(CCSc1ccccc1)C2. The Morgan fingerprint density at radius 3 is 2.71 bits per heavy atom. The second-order valence-corrected chi connectivity index (χ2v) is 8.40. The molecule has 4 rings (SSSR count). The predicted molar refractivity (Wildman–Crippen MR) is 100 cm³/mol. The smallest absolute Gasteiger partial charge is 0.236 e. The quantitative estimate of drug-likeness (QED) is 0.738. The van der Waals surface area contributed by atoms with Crippen LogP contribution in [0.5, 0.6) is 0 Å². The molecule has 1 amide bonds. The Hall–Kier alpha value is -1.04. The number of hydrogen-bond acceptors (Lipinski definition) is 4. The van der Waals surface area contributed by atoms with E-state index in [1.54, 1.807) is 4.90 Å². The van der Waals surface area contributed by atoms with Crippen molar-refractivity contribution < 1.29 is 4.79 Å². The average molecular weight is 348 g/mol. The Labute approximate surface area is 150 Å². The van der Waals surface area contributed by atoms with E-state index in [9.17, 15) is 4.79 Å². The molecule has 0 N–H and O–H groups in total. The summed E-state index contributed by atoms with van der Waals surface area (Å²) in [4.78, 5) is 20.2. The summed E-state index contributed by atoms with van der Waals surface area (Å²) in [5, 5.41) is 0. The summed E-state index contributed by atoms with van der Waals surface area (Å²) in [6.45, 7) is 5.06. The molecule has 24 heavy (non-hydrogen) atoms. The third-order valence-corrected chi connectivity index (χ3v) is 6.14. The zero-order valence-electron chi connectivity index (χ0n) is 14.9. The Bertz CT molecular complexity index is 537. The third-order valence-electron chi connectivity index (χ3n) is 5.15. The molecular formula is C19H29N3OS. The molecule has 1 aromatic carbocycles. The van der Waals surface area contributed by atoms with Crippen LogP contribution in [0.2, 0.25) is 0 Å². The van der Waals surface area contributed by atoms with Gasteiger partial charge >= 0.3 is 0 Å². The minimum absolute atomic E-state index is 0.225. The fraction of sp³-hybridized carbons (Fsp3) is 0.632. The minimum atomic E-state index is 0.225. The summed E-state index contributed by atoms with van der Waals surface area (Å²) in [5.41, 5.74) is 0. The van der Waals surface area contributed by atoms with Crippen molar-refractivity contribution in [2.45, 2.75) is 23.8 Å². The molecule has 2 bridgehead atoms. The van der Waals surface area contributed by atoms with Crippen LogP contribution < -0.4 is 0 Å². The second kappa shape index (κ2) is 8.37. The molecule has 0 aliphatic carbocycles. The molecule has 0 saturated carbocycles. The van der Waals surface area contributed by atoms with Crippen molar-refractivity contribution in [3.63, 3.8) is 0 Å². The summed E-state index contributed by atoms with van der Waals surface area (Å²) >= 11 is 1.95. The molecule has 4 nitrogen and oxygen atoms in total. The van der Waals surface area contributed by atoms with Crippen molar-refractivity contribution in [3.8, 4) is 0 Å². The van der Waals surface area contributed by atoms with E-state index < -0.39 is 0 Å². The molecular weight excluding hydrogens is 318 g/mol. The van der Waals surface area contributed by atoms with Crippen molar-refractivity contribution in [1.29, 1.82) is 0 Å². The predicted octanol–water partition coefficient (Wildman–Crippen LogP) is 2.26. The average Bonchev–Trinajstić information content (AvgIpc) is 2.86. The Balaban J connectivity index is 1.51. The first-order valence-corrected chi connectivity index (χ1v) is 9.95. The number of benzene rings is 1. The maximum Gasteiger partial charge on any atom is 0.236 e. The summed E-state index contributed by atoms with van der Waals surface area (Å²) in [6, 6.07) is 11.3. The van der Waals surface area contributed by atoms with Crippen LogP contribution in [0.15, 0.2) is 35.2 Å². The molecule has 3 saturated heterocycles. The summed E-state index contributed by atoms with van der Waals surface area (Å²) in [5.74, 6) is 2.09. The van der Waals surface area contributed by atoms with Gasteiger partial charge in [0.15, 0.2) is 0 Å². The lowest BCUT2D eigenvalue weighted by Crippen LogP contribution is -2.45. The van der Waals surface area contributed by atoms with Crippen molar-refractivity contribution >= 4 is 17.7 Å². The van der Waals surface area contributed by atoms with Crippen LogP contribution in [0, 0.1) is 5.92 Å². The molecule has 3 fully saturated rings. The van der Waals surface area contributed by atoms with Crippen LogP contribution in [-0.4, -0.2) is 79.2 Å². The lowest BCUT2D eigenvalue weighted by atomic mass is 9.95. The zero-order chi connectivity index (χ0) is 16.9. The number of amides is 1. The number of thioether (sulfide) groups is 1. The highest BCUT2D eigenvalue weighted by Gasteiger charge is 2.35. The first-order chi connectivity index (χ1) is 11.6. The molecule has 5 heteroatoms. The van der Waals surface area contributed by atoms with Gasteiger partial charge in [-0.3, -0.25) is 14.6 Å². The van der Waals surface area contributed by atoms with Crippen LogP contribution in [-0.2, 0) is 4.79 Å². The topological polar surface area (TPSA) is 26.8 Å². The van der Waals surface area contributed by atoms with Crippen molar-refractivity contribution in [3.05, 3.63) is 30.3 Å². The monoisotopic (exact) mass is 347 g/mol. The van der Waals surface area contributed by atoms with Crippen LogP contribution in [0.3, 0.4) is 0 Å². The van der Waals surface area contributed by atoms with E-state index in [2.05, 4.69) is 40.1 Å². The van der Waals surface area contributed by atoms with Crippen LogP contribution in [0.4, 0.5) is 0 Å². The van der Waals surface area contributed by atoms with Gasteiger partial charge in [0.25, 0.3) is 0 Å². The number of rotatable bonds is 6. The van der Waals surface area contributed by atoms with Gasteiger partial charge in [-0.15, -0.1) is 11.8 Å². The van der Waals surface area contributed by atoms with E-state index in [0.717, 1.165) is 31.3 Å². The molecule has 0 aromatic heterocycles. The lowest BCUT2D eigenvalue weighted by Gasteiger charge is -2.36. The minimum Gasteiger partial charge on any atom is -0.348 e. The Kier molecular flexibility index (Phi) is 6.19. The molecule has 132 valence electrons. The highest BCUT2D eigenvalue weighted by Crippen LogP contribution is 2.28. The van der Waals surface area contributed by atoms with Gasteiger partial charge in [0.1, 0.15) is 0 Å². The maximum atomic E-state index is 12.0. The van der Waals surface area contributed by atoms with E-state index in [1.165, 1.54) is 24.3 Å². The zero-order valence-corrected chi connectivity index (χ0v) is 15.7. The van der Waals surface area contributed by atoms with Crippen LogP contribution >= 0.6 is 11.8 Å². The summed E-state index contributed by atoms with van der Waals surface area (Å²) in [7, 11) is 3.70. The number of likely N-dealkylation sites (N-methyl/N-ethyl adjacent to an activating group) is 1. The highest BCUT2D eigenvalue weighted by atomic mass is 32.2. The Morgan fingerprint density at radius 2 is 1.96 bits per heavy atom. The maximum absolute atomic E-state index is 12.0. The fourth-order valence-electron chi connectivity index (χ4n) is 3.81. The van der Waals surface area contributed by atoms with Gasteiger partial charge in [-0.05, 0) is 30.9 Å². The van der Waals surface area contributed by atoms with E-state index in [0.29, 0.717) is 12.6 Å². The van der Waals surface area contributed by atoms with Crippen LogP contribution in [0.1, 0.15) is 12.8 Å². The van der Waals surface area contributed by atoms with Gasteiger partial charge in [-0.1, -0.05) is 18.2 Å². The van der Waals surface area contributed by atoms with Gasteiger partial charge in [0.05, 0.1) is 6.54 Å². The molecule has 0 spiro atoms. The summed E-state index contributed by atoms with van der Waals surface area (Å²) < 4.78 is 0. The molecule has 2 atom stereocenters. The number of carbonyl (C=O) groups excluding carboxylic acids is 1. The fourth-order valence-corrected chi connectivity index (χ4v) is 4.72. The standard InChI is InChI=1S/C19H29N3OS/c1-20(2)19(23)15-21-12-16-8-9-17(14-21)22(13-16)10-11-24-18-6-4-3-5-7-18/h3-7,16-17H,8-15H2,1-2H3/t16-,17+/m1/s1. The van der Waals surface area contributed by atoms with Gasteiger partial charge < -0.3 is 4.90 Å². The number of hydrogen-bond donors (Lipinski definition) is 0. The van der Waals surface area contributed by atoms with E-state index >= 15 is 0 Å². The second-order valence-electron chi connectivity index (χ2n) is 7.24.